The van der Waals surface area contributed by atoms with Crippen molar-refractivity contribution in [3.63, 3.8) is 0 Å². The first-order valence-electron chi connectivity index (χ1n) is 6.96. The van der Waals surface area contributed by atoms with Crippen LogP contribution in [0.4, 0.5) is 0 Å². The maximum atomic E-state index is 5.71. The fourth-order valence-corrected chi connectivity index (χ4v) is 2.80. The van der Waals surface area contributed by atoms with Gasteiger partial charge in [-0.3, -0.25) is 0 Å². The van der Waals surface area contributed by atoms with Crippen LogP contribution in [0.5, 0.6) is 0 Å². The van der Waals surface area contributed by atoms with Gasteiger partial charge in [0.25, 0.3) is 0 Å². The second-order valence-corrected chi connectivity index (χ2v) is 5.24. The first kappa shape index (κ1) is 12.9. The minimum atomic E-state index is 0.413. The molecule has 1 N–H and O–H groups in total. The summed E-state index contributed by atoms with van der Waals surface area (Å²) in [4.78, 5) is 0. The third kappa shape index (κ3) is 3.46. The summed E-state index contributed by atoms with van der Waals surface area (Å²) >= 11 is 0. The van der Waals surface area contributed by atoms with Gasteiger partial charge in [0.2, 0.25) is 0 Å². The molecule has 1 saturated heterocycles. The van der Waals surface area contributed by atoms with E-state index in [0.717, 1.165) is 26.2 Å². The Morgan fingerprint density at radius 1 is 1.53 bits per heavy atom. The van der Waals surface area contributed by atoms with E-state index in [1.165, 1.54) is 24.8 Å². The highest BCUT2D eigenvalue weighted by molar-refractivity contribution is 5.12. The Hall–Kier alpha value is -0.540. The molecule has 0 aromatic carbocycles. The molecule has 2 rings (SSSR count). The second-order valence-electron chi connectivity index (χ2n) is 5.24. The molecule has 0 aromatic heterocycles. The Balaban J connectivity index is 1.99. The molecule has 0 bridgehead atoms. The lowest BCUT2D eigenvalue weighted by Gasteiger charge is -2.28. The van der Waals surface area contributed by atoms with Crippen molar-refractivity contribution in [2.45, 2.75) is 51.7 Å². The predicted octanol–water partition coefficient (Wildman–Crippen LogP) is 2.47. The van der Waals surface area contributed by atoms with Gasteiger partial charge in [-0.2, -0.15) is 0 Å². The molecular weight excluding hydrogens is 214 g/mol. The van der Waals surface area contributed by atoms with E-state index in [0.29, 0.717) is 18.1 Å². The zero-order chi connectivity index (χ0) is 12.1. The van der Waals surface area contributed by atoms with Crippen molar-refractivity contribution in [3.8, 4) is 0 Å². The van der Waals surface area contributed by atoms with E-state index in [2.05, 4.69) is 19.2 Å². The highest BCUT2D eigenvalue weighted by Gasteiger charge is 2.31. The second kappa shape index (κ2) is 6.41. The van der Waals surface area contributed by atoms with Crippen LogP contribution >= 0.6 is 0 Å². The van der Waals surface area contributed by atoms with E-state index in [-0.39, 0.29) is 0 Å². The molecule has 1 fully saturated rings. The van der Waals surface area contributed by atoms with Gasteiger partial charge in [-0.25, -0.2) is 0 Å². The van der Waals surface area contributed by atoms with Crippen LogP contribution in [0.25, 0.3) is 0 Å². The zero-order valence-electron chi connectivity index (χ0n) is 11.1. The van der Waals surface area contributed by atoms with Crippen molar-refractivity contribution in [1.82, 2.24) is 5.32 Å². The van der Waals surface area contributed by atoms with Crippen LogP contribution in [0.15, 0.2) is 11.8 Å². The van der Waals surface area contributed by atoms with E-state index in [1.54, 1.807) is 0 Å². The summed E-state index contributed by atoms with van der Waals surface area (Å²) in [7, 11) is 0. The molecule has 0 spiro atoms. The molecule has 2 aliphatic heterocycles. The van der Waals surface area contributed by atoms with Gasteiger partial charge in [0.1, 0.15) is 0 Å². The summed E-state index contributed by atoms with van der Waals surface area (Å²) in [5, 5.41) is 3.67. The van der Waals surface area contributed by atoms with Gasteiger partial charge >= 0.3 is 0 Å². The quantitative estimate of drug-likeness (QED) is 0.799. The van der Waals surface area contributed by atoms with Crippen LogP contribution in [0, 0.1) is 5.92 Å². The van der Waals surface area contributed by atoms with Crippen LogP contribution in [-0.4, -0.2) is 31.9 Å². The van der Waals surface area contributed by atoms with E-state index in [1.807, 2.05) is 6.26 Å². The molecule has 3 nitrogen and oxygen atoms in total. The fraction of sp³-hybridized carbons (Fsp3) is 0.857. The molecule has 98 valence electrons. The van der Waals surface area contributed by atoms with Gasteiger partial charge in [0.05, 0.1) is 25.6 Å². The Morgan fingerprint density at radius 2 is 2.41 bits per heavy atom. The fourth-order valence-electron chi connectivity index (χ4n) is 2.80. The number of hydrogen-bond donors (Lipinski definition) is 1. The standard InChI is InChI=1S/C14H25NO2/c1-3-6-15-14(12-5-4-7-16-9-12)13-8-11(2)17-10-13/h9,11,13-15H,3-8,10H2,1-2H3. The molecule has 3 unspecified atom stereocenters. The van der Waals surface area contributed by atoms with Crippen LogP contribution in [-0.2, 0) is 9.47 Å². The predicted molar refractivity (Wildman–Crippen MR) is 68.9 cm³/mol. The van der Waals surface area contributed by atoms with E-state index in [9.17, 15) is 0 Å². The van der Waals surface area contributed by atoms with E-state index in [4.69, 9.17) is 9.47 Å². The monoisotopic (exact) mass is 239 g/mol. The van der Waals surface area contributed by atoms with E-state index >= 15 is 0 Å². The lowest BCUT2D eigenvalue weighted by Crippen LogP contribution is -2.39. The molecule has 0 saturated carbocycles. The maximum absolute atomic E-state index is 5.71. The molecule has 3 heteroatoms. The number of nitrogens with one attached hydrogen (secondary N) is 1. The first-order valence-corrected chi connectivity index (χ1v) is 6.96. The van der Waals surface area contributed by atoms with Crippen LogP contribution in [0.1, 0.15) is 39.5 Å². The Morgan fingerprint density at radius 3 is 3.00 bits per heavy atom. The summed E-state index contributed by atoms with van der Waals surface area (Å²) in [6.07, 6.45) is 7.06. The minimum absolute atomic E-state index is 0.413. The molecule has 2 heterocycles. The SMILES string of the molecule is CCCNC(C1=COCCC1)C1COC(C)C1. The summed E-state index contributed by atoms with van der Waals surface area (Å²) in [6, 6.07) is 0.459. The third-order valence-corrected chi connectivity index (χ3v) is 3.68. The number of hydrogen-bond acceptors (Lipinski definition) is 3. The average molecular weight is 239 g/mol. The highest BCUT2D eigenvalue weighted by Crippen LogP contribution is 2.29. The molecule has 0 aliphatic carbocycles. The molecule has 17 heavy (non-hydrogen) atoms. The summed E-state index contributed by atoms with van der Waals surface area (Å²) in [5.74, 6) is 0.615. The van der Waals surface area contributed by atoms with Gasteiger partial charge in [-0.1, -0.05) is 6.92 Å². The zero-order valence-corrected chi connectivity index (χ0v) is 11.1. The summed E-state index contributed by atoms with van der Waals surface area (Å²) in [5.41, 5.74) is 1.44. The van der Waals surface area contributed by atoms with Gasteiger partial charge in [-0.05, 0) is 44.7 Å². The van der Waals surface area contributed by atoms with Gasteiger partial charge in [-0.15, -0.1) is 0 Å². The van der Waals surface area contributed by atoms with Crippen molar-refractivity contribution in [3.05, 3.63) is 11.8 Å². The Kier molecular flexibility index (Phi) is 4.86. The van der Waals surface area contributed by atoms with Crippen LogP contribution < -0.4 is 5.32 Å². The van der Waals surface area contributed by atoms with Crippen molar-refractivity contribution in [2.75, 3.05) is 19.8 Å². The molecule has 0 aromatic rings. The smallest absolute Gasteiger partial charge is 0.0876 e. The van der Waals surface area contributed by atoms with Crippen molar-refractivity contribution < 1.29 is 9.47 Å². The topological polar surface area (TPSA) is 30.5 Å². The molecule has 3 atom stereocenters. The minimum Gasteiger partial charge on any atom is -0.501 e. The van der Waals surface area contributed by atoms with Gasteiger partial charge in [0.15, 0.2) is 0 Å². The Labute approximate surface area is 105 Å². The number of rotatable bonds is 5. The molecule has 0 radical (unpaired) electrons. The van der Waals surface area contributed by atoms with Crippen molar-refractivity contribution >= 4 is 0 Å². The normalized spacial score (nSPS) is 30.8. The van der Waals surface area contributed by atoms with Crippen LogP contribution in [0.2, 0.25) is 0 Å². The molecule has 2 aliphatic rings. The lowest BCUT2D eigenvalue weighted by atomic mass is 9.88. The van der Waals surface area contributed by atoms with Gasteiger partial charge in [0, 0.05) is 12.0 Å². The van der Waals surface area contributed by atoms with Crippen molar-refractivity contribution in [2.24, 2.45) is 5.92 Å². The summed E-state index contributed by atoms with van der Waals surface area (Å²) in [6.45, 7) is 7.22. The lowest BCUT2D eigenvalue weighted by molar-refractivity contribution is 0.117. The van der Waals surface area contributed by atoms with E-state index < -0.39 is 0 Å². The first-order chi connectivity index (χ1) is 8.31. The molecular formula is C14H25NO2. The largest absolute Gasteiger partial charge is 0.501 e. The Bertz CT molecular complexity index is 265. The number of ether oxygens (including phenoxy) is 2. The molecule has 0 amide bonds. The highest BCUT2D eigenvalue weighted by atomic mass is 16.5. The summed E-state index contributed by atoms with van der Waals surface area (Å²) < 4.78 is 11.2. The third-order valence-electron chi connectivity index (χ3n) is 3.68. The average Bonchev–Trinajstić information content (AvgIpc) is 2.78. The van der Waals surface area contributed by atoms with Crippen LogP contribution in [0.3, 0.4) is 0 Å². The van der Waals surface area contributed by atoms with Gasteiger partial charge < -0.3 is 14.8 Å². The van der Waals surface area contributed by atoms with Crippen molar-refractivity contribution in [1.29, 1.82) is 0 Å². The maximum Gasteiger partial charge on any atom is 0.0876 e.